The van der Waals surface area contributed by atoms with E-state index in [-0.39, 0.29) is 16.5 Å². The van der Waals surface area contributed by atoms with E-state index in [0.29, 0.717) is 45.0 Å². The van der Waals surface area contributed by atoms with Crippen LogP contribution in [0, 0.1) is 0 Å². The van der Waals surface area contributed by atoms with Crippen molar-refractivity contribution < 1.29 is 28.6 Å². The minimum Gasteiger partial charge on any atom is -0.478 e. The topological polar surface area (TPSA) is 109 Å². The normalized spacial score (nSPS) is 15.7. The van der Waals surface area contributed by atoms with Crippen LogP contribution in [-0.2, 0) is 9.53 Å². The van der Waals surface area contributed by atoms with Gasteiger partial charge in [0, 0.05) is 18.7 Å². The number of carboxylic acids is 1. The number of esters is 1. The summed E-state index contributed by atoms with van der Waals surface area (Å²) in [6.45, 7) is 2.03. The fourth-order valence-electron chi connectivity index (χ4n) is 3.21. The van der Waals surface area contributed by atoms with Crippen molar-refractivity contribution in [3.8, 4) is 11.3 Å². The number of amidine groups is 1. The number of aromatic carboxylic acids is 1. The smallest absolute Gasteiger partial charge is 0.338 e. The maximum absolute atomic E-state index is 12.7. The van der Waals surface area contributed by atoms with Crippen molar-refractivity contribution in [2.45, 2.75) is 6.92 Å². The molecule has 0 aliphatic carbocycles. The van der Waals surface area contributed by atoms with E-state index in [2.05, 4.69) is 4.99 Å². The van der Waals surface area contributed by atoms with E-state index in [4.69, 9.17) is 20.8 Å². The summed E-state index contributed by atoms with van der Waals surface area (Å²) in [5.41, 5.74) is 1.52. The van der Waals surface area contributed by atoms with Crippen LogP contribution in [0.2, 0.25) is 5.02 Å². The van der Waals surface area contributed by atoms with Crippen LogP contribution in [0.25, 0.3) is 17.4 Å². The number of benzene rings is 2. The Kier molecular flexibility index (Phi) is 7.09. The molecule has 0 unspecified atom stereocenters. The van der Waals surface area contributed by atoms with Gasteiger partial charge in [0.15, 0.2) is 5.17 Å². The second-order valence-corrected chi connectivity index (χ2v) is 8.75. The Balaban J connectivity index is 1.54. The van der Waals surface area contributed by atoms with Crippen molar-refractivity contribution in [1.29, 1.82) is 0 Å². The van der Waals surface area contributed by atoms with E-state index < -0.39 is 11.9 Å². The van der Waals surface area contributed by atoms with Crippen molar-refractivity contribution in [2.75, 3.05) is 13.7 Å². The highest BCUT2D eigenvalue weighted by molar-refractivity contribution is 8.18. The molecule has 0 radical (unpaired) electrons. The number of nitrogens with zero attached hydrogens (tertiary/aromatic N) is 2. The second-order valence-electron chi connectivity index (χ2n) is 7.34. The number of carbonyl (C=O) groups excluding carboxylic acids is 2. The minimum atomic E-state index is -1.14. The van der Waals surface area contributed by atoms with Crippen molar-refractivity contribution in [1.82, 2.24) is 4.90 Å². The molecule has 1 amide bonds. The number of hydrogen-bond acceptors (Lipinski definition) is 7. The molecule has 2 aromatic carbocycles. The Morgan fingerprint density at radius 2 is 1.91 bits per heavy atom. The monoisotopic (exact) mass is 510 g/mol. The molecular formula is C25H19ClN2O6S. The summed E-state index contributed by atoms with van der Waals surface area (Å²) in [7, 11) is 1.62. The van der Waals surface area contributed by atoms with Crippen LogP contribution in [0.3, 0.4) is 0 Å². The zero-order chi connectivity index (χ0) is 25.1. The Hall–Kier alpha value is -3.82. The third kappa shape index (κ3) is 5.31. The molecule has 35 heavy (non-hydrogen) atoms. The van der Waals surface area contributed by atoms with Crippen LogP contribution in [0.15, 0.2) is 68.9 Å². The van der Waals surface area contributed by atoms with E-state index >= 15 is 0 Å². The van der Waals surface area contributed by atoms with Crippen LogP contribution in [0.5, 0.6) is 0 Å². The molecule has 1 fully saturated rings. The van der Waals surface area contributed by atoms with Gasteiger partial charge in [-0.25, -0.2) is 14.6 Å². The van der Waals surface area contributed by atoms with Gasteiger partial charge in [0.2, 0.25) is 0 Å². The van der Waals surface area contributed by atoms with Crippen LogP contribution in [0.1, 0.15) is 33.4 Å². The van der Waals surface area contributed by atoms with Crippen LogP contribution >= 0.6 is 23.4 Å². The summed E-state index contributed by atoms with van der Waals surface area (Å²) in [4.78, 5) is 42.2. The summed E-state index contributed by atoms with van der Waals surface area (Å²) in [6.07, 6.45) is 1.60. The Morgan fingerprint density at radius 3 is 2.60 bits per heavy atom. The Morgan fingerprint density at radius 1 is 1.17 bits per heavy atom. The molecule has 3 aromatic rings. The van der Waals surface area contributed by atoms with Gasteiger partial charge in [0.25, 0.3) is 5.91 Å². The third-order valence-corrected chi connectivity index (χ3v) is 6.38. The number of hydrogen-bond donors (Lipinski definition) is 1. The summed E-state index contributed by atoms with van der Waals surface area (Å²) in [5, 5.41) is 9.88. The molecular weight excluding hydrogens is 492 g/mol. The standard InChI is InChI=1S/C25H19ClN2O6S/c1-3-33-24(32)14-4-7-16(8-5-14)27-25-28(2)22(29)21(35-25)13-17-9-11-20(34-17)15-6-10-19(26)18(12-15)23(30)31/h4-13H,3H2,1-2H3,(H,30,31)/b21-13-,27-25?. The van der Waals surface area contributed by atoms with Crippen molar-refractivity contribution in [3.63, 3.8) is 0 Å². The molecule has 4 rings (SSSR count). The lowest BCUT2D eigenvalue weighted by atomic mass is 10.1. The maximum atomic E-state index is 12.7. The van der Waals surface area contributed by atoms with Gasteiger partial charge < -0.3 is 14.3 Å². The molecule has 1 aliphatic rings. The summed E-state index contributed by atoms with van der Waals surface area (Å²) < 4.78 is 10.8. The van der Waals surface area contributed by atoms with Gasteiger partial charge >= 0.3 is 11.9 Å². The van der Waals surface area contributed by atoms with Crippen molar-refractivity contribution in [2.24, 2.45) is 4.99 Å². The lowest BCUT2D eigenvalue weighted by Gasteiger charge is -2.07. The highest BCUT2D eigenvalue weighted by Gasteiger charge is 2.30. The molecule has 1 saturated heterocycles. The van der Waals surface area contributed by atoms with Gasteiger partial charge in [-0.1, -0.05) is 11.6 Å². The van der Waals surface area contributed by atoms with E-state index in [1.807, 2.05) is 0 Å². The zero-order valence-corrected chi connectivity index (χ0v) is 20.2. The van der Waals surface area contributed by atoms with E-state index in [1.54, 1.807) is 62.5 Å². The number of likely N-dealkylation sites (N-methyl/N-ethyl adjacent to an activating group) is 1. The predicted molar refractivity (Wildman–Crippen MR) is 134 cm³/mol. The van der Waals surface area contributed by atoms with Crippen molar-refractivity contribution >= 4 is 58.1 Å². The first-order valence-corrected chi connectivity index (χ1v) is 11.6. The molecule has 0 spiro atoms. The van der Waals surface area contributed by atoms with E-state index in [1.165, 1.54) is 28.8 Å². The van der Waals surface area contributed by atoms with Gasteiger partial charge in [0.05, 0.1) is 33.3 Å². The largest absolute Gasteiger partial charge is 0.478 e. The predicted octanol–water partition coefficient (Wildman–Crippen LogP) is 5.71. The summed E-state index contributed by atoms with van der Waals surface area (Å²) >= 11 is 7.12. The van der Waals surface area contributed by atoms with Gasteiger partial charge in [-0.3, -0.25) is 9.69 Å². The first-order chi connectivity index (χ1) is 16.8. The molecule has 8 nitrogen and oxygen atoms in total. The van der Waals surface area contributed by atoms with Crippen LogP contribution < -0.4 is 0 Å². The maximum Gasteiger partial charge on any atom is 0.338 e. The highest BCUT2D eigenvalue weighted by Crippen LogP contribution is 2.34. The molecule has 1 aromatic heterocycles. The van der Waals surface area contributed by atoms with Gasteiger partial charge in [0.1, 0.15) is 11.5 Å². The van der Waals surface area contributed by atoms with Gasteiger partial charge in [-0.2, -0.15) is 0 Å². The number of carbonyl (C=O) groups is 3. The number of carboxylic acid groups (broad SMARTS) is 1. The molecule has 178 valence electrons. The highest BCUT2D eigenvalue weighted by atomic mass is 35.5. The zero-order valence-electron chi connectivity index (χ0n) is 18.6. The van der Waals surface area contributed by atoms with Crippen LogP contribution in [0.4, 0.5) is 5.69 Å². The lowest BCUT2D eigenvalue weighted by Crippen LogP contribution is -2.23. The van der Waals surface area contributed by atoms with Crippen LogP contribution in [-0.4, -0.2) is 46.7 Å². The number of thioether (sulfide) groups is 1. The van der Waals surface area contributed by atoms with Gasteiger partial charge in [-0.15, -0.1) is 0 Å². The molecule has 0 bridgehead atoms. The average Bonchev–Trinajstić information content (AvgIpc) is 3.40. The molecule has 1 N–H and O–H groups in total. The number of amides is 1. The molecule has 2 heterocycles. The quantitative estimate of drug-likeness (QED) is 0.334. The van der Waals surface area contributed by atoms with E-state index in [0.717, 1.165) is 0 Å². The molecule has 0 saturated carbocycles. The molecule has 1 aliphatic heterocycles. The SMILES string of the molecule is CCOC(=O)c1ccc(N=C2S/C(=C\c3ccc(-c4ccc(Cl)c(C(=O)O)c4)o3)C(=O)N2C)cc1. The Bertz CT molecular complexity index is 1380. The first kappa shape index (κ1) is 24.3. The lowest BCUT2D eigenvalue weighted by molar-refractivity contribution is -0.121. The van der Waals surface area contributed by atoms with Crippen molar-refractivity contribution in [3.05, 3.63) is 81.4 Å². The average molecular weight is 511 g/mol. The number of halogens is 1. The number of ether oxygens (including phenoxy) is 1. The van der Waals surface area contributed by atoms with Gasteiger partial charge in [-0.05, 0) is 73.3 Å². The molecule has 0 atom stereocenters. The molecule has 10 heteroatoms. The number of furan rings is 1. The second kappa shape index (κ2) is 10.2. The summed E-state index contributed by atoms with van der Waals surface area (Å²) in [5.74, 6) is -0.917. The minimum absolute atomic E-state index is 0.0280. The van der Waals surface area contributed by atoms with E-state index in [9.17, 15) is 19.5 Å². The first-order valence-electron chi connectivity index (χ1n) is 10.4. The summed E-state index contributed by atoms with van der Waals surface area (Å²) in [6, 6.07) is 14.6. The Labute approximate surface area is 209 Å². The number of aliphatic imine (C=N–C) groups is 1. The fourth-order valence-corrected chi connectivity index (χ4v) is 4.37. The fraction of sp³-hybridized carbons (Fsp3) is 0.120. The third-order valence-electron chi connectivity index (χ3n) is 4.99. The number of rotatable bonds is 6.